The van der Waals surface area contributed by atoms with E-state index in [0.29, 0.717) is 19.3 Å². The lowest BCUT2D eigenvalue weighted by Crippen LogP contribution is -2.60. The molecule has 1 amide bonds. The fourth-order valence-electron chi connectivity index (χ4n) is 9.99. The largest absolute Gasteiger partial charge is 0.394 e. The molecule has 0 aliphatic carbocycles. The van der Waals surface area contributed by atoms with E-state index in [0.717, 1.165) is 38.5 Å². The van der Waals surface area contributed by atoms with Gasteiger partial charge in [0.05, 0.1) is 25.4 Å². The van der Waals surface area contributed by atoms with Crippen molar-refractivity contribution in [1.29, 1.82) is 0 Å². The number of amides is 1. The molecule has 0 aromatic carbocycles. The van der Waals surface area contributed by atoms with Crippen LogP contribution in [0, 0.1) is 0 Å². The van der Waals surface area contributed by atoms with E-state index in [1.54, 1.807) is 0 Å². The van der Waals surface area contributed by atoms with Gasteiger partial charge in [0.15, 0.2) is 6.29 Å². The van der Waals surface area contributed by atoms with Crippen molar-refractivity contribution in [2.45, 2.75) is 345 Å². The number of carbonyl (C=O) groups is 1. The number of hydrogen-bond acceptors (Lipinski definition) is 10. The number of aliphatic hydroxyl groups excluding tert-OH is 7. The van der Waals surface area contributed by atoms with Crippen molar-refractivity contribution >= 4 is 5.91 Å². The highest BCUT2D eigenvalue weighted by atomic mass is 16.7. The average molecular weight is 1020 g/mol. The normalized spacial score (nSPS) is 20.2. The van der Waals surface area contributed by atoms with Crippen LogP contribution in [0.4, 0.5) is 0 Å². The Morgan fingerprint density at radius 3 is 1.24 bits per heavy atom. The first-order chi connectivity index (χ1) is 35.2. The molecule has 0 radical (unpaired) electrons. The third-order valence-electron chi connectivity index (χ3n) is 15.0. The molecule has 1 fully saturated rings. The number of nitrogens with one attached hydrogen (secondary N) is 1. The van der Waals surface area contributed by atoms with Crippen LogP contribution in [0.5, 0.6) is 0 Å². The molecule has 8 N–H and O–H groups in total. The second-order valence-electron chi connectivity index (χ2n) is 21.8. The number of hydrogen-bond donors (Lipinski definition) is 8. The first-order valence-electron chi connectivity index (χ1n) is 30.7. The van der Waals surface area contributed by atoms with Crippen molar-refractivity contribution in [3.63, 3.8) is 0 Å². The van der Waals surface area contributed by atoms with E-state index in [9.17, 15) is 40.5 Å². The zero-order valence-electron chi connectivity index (χ0n) is 46.7. The molecule has 1 saturated heterocycles. The predicted molar refractivity (Wildman–Crippen MR) is 298 cm³/mol. The minimum absolute atomic E-state index is 0.249. The fraction of sp³-hybridized carbons (Fsp3) is 0.918. The first-order valence-corrected chi connectivity index (χ1v) is 30.7. The quantitative estimate of drug-likeness (QED) is 0.0215. The molecule has 1 rings (SSSR count). The number of carbonyl (C=O) groups excluding carboxylic acids is 1. The Balaban J connectivity index is 2.27. The maximum absolute atomic E-state index is 13.2. The fourth-order valence-corrected chi connectivity index (χ4v) is 9.99. The van der Waals surface area contributed by atoms with E-state index in [-0.39, 0.29) is 12.8 Å². The molecule has 0 aromatic rings. The van der Waals surface area contributed by atoms with Gasteiger partial charge in [-0.3, -0.25) is 4.79 Å². The van der Waals surface area contributed by atoms with Gasteiger partial charge in [0.2, 0.25) is 5.91 Å². The zero-order valence-corrected chi connectivity index (χ0v) is 46.7. The number of unbranched alkanes of at least 4 members (excludes halogenated alkanes) is 37. The van der Waals surface area contributed by atoms with E-state index in [4.69, 9.17) is 9.47 Å². The van der Waals surface area contributed by atoms with Gasteiger partial charge in [0.1, 0.15) is 36.6 Å². The third kappa shape index (κ3) is 38.2. The second-order valence-corrected chi connectivity index (χ2v) is 21.8. The van der Waals surface area contributed by atoms with Gasteiger partial charge in [-0.05, 0) is 51.4 Å². The summed E-state index contributed by atoms with van der Waals surface area (Å²) in [6.07, 6.45) is 49.6. The molecule has 11 nitrogen and oxygen atoms in total. The molecule has 9 atom stereocenters. The van der Waals surface area contributed by atoms with Crippen molar-refractivity contribution in [1.82, 2.24) is 5.32 Å². The molecule has 0 saturated carbocycles. The smallest absolute Gasteiger partial charge is 0.249 e. The minimum atomic E-state index is -1.67. The lowest BCUT2D eigenvalue weighted by atomic mass is 9.98. The maximum atomic E-state index is 13.2. The molecule has 1 heterocycles. The van der Waals surface area contributed by atoms with Gasteiger partial charge >= 0.3 is 0 Å². The molecule has 72 heavy (non-hydrogen) atoms. The highest BCUT2D eigenvalue weighted by molar-refractivity contribution is 5.80. The monoisotopic (exact) mass is 1020 g/mol. The van der Waals surface area contributed by atoms with Crippen LogP contribution in [0.1, 0.15) is 290 Å². The lowest BCUT2D eigenvalue weighted by molar-refractivity contribution is -0.303. The summed E-state index contributed by atoms with van der Waals surface area (Å²) >= 11 is 0. The standard InChI is InChI=1S/C61H117NO10/c1-3-5-7-9-11-13-15-17-19-21-23-24-25-26-27-28-29-30-31-33-35-37-39-41-43-45-47-49-54(65)60(70)62-52(51-71-61-59(69)58(68)57(67)55(50-63)72-61)56(66)53(64)48-46-44-42-40-38-36-34-32-22-20-18-16-14-12-10-8-6-4-2/h32,34,40,42,52-59,61,63-69H,3-31,33,35-39,41,43-51H2,1-2H3,(H,62,70)/b34-32+,42-40+. The Morgan fingerprint density at radius 2 is 0.833 bits per heavy atom. The molecule has 9 unspecified atom stereocenters. The Morgan fingerprint density at radius 1 is 0.472 bits per heavy atom. The highest BCUT2D eigenvalue weighted by Crippen LogP contribution is 2.23. The van der Waals surface area contributed by atoms with Crippen LogP contribution in [0.25, 0.3) is 0 Å². The summed E-state index contributed by atoms with van der Waals surface area (Å²) in [5, 5.41) is 76.2. The summed E-state index contributed by atoms with van der Waals surface area (Å²) < 4.78 is 11.1. The number of rotatable bonds is 53. The van der Waals surface area contributed by atoms with E-state index in [1.165, 1.54) is 205 Å². The van der Waals surface area contributed by atoms with Crippen LogP contribution in [-0.2, 0) is 14.3 Å². The van der Waals surface area contributed by atoms with Gasteiger partial charge in [0.25, 0.3) is 0 Å². The summed E-state index contributed by atoms with van der Waals surface area (Å²) in [5.74, 6) is -0.705. The molecule has 1 aliphatic rings. The van der Waals surface area contributed by atoms with E-state index >= 15 is 0 Å². The highest BCUT2D eigenvalue weighted by Gasteiger charge is 2.44. The topological polar surface area (TPSA) is 189 Å². The summed E-state index contributed by atoms with van der Waals surface area (Å²) in [6, 6.07) is -1.19. The van der Waals surface area contributed by atoms with Crippen LogP contribution >= 0.6 is 0 Å². The molecule has 0 bridgehead atoms. The van der Waals surface area contributed by atoms with Crippen LogP contribution in [0.15, 0.2) is 24.3 Å². The summed E-state index contributed by atoms with van der Waals surface area (Å²) in [7, 11) is 0. The Bertz CT molecular complexity index is 1220. The SMILES string of the molecule is CCCCCCCCCCC/C=C/CC/C=C/CCCC(O)C(O)C(COC1OC(CO)C(O)C(O)C1O)NC(=O)C(O)CCCCCCCCCCCCCCCCCCCCCCCCCCCCC. The zero-order chi connectivity index (χ0) is 52.5. The summed E-state index contributed by atoms with van der Waals surface area (Å²) in [4.78, 5) is 13.2. The van der Waals surface area contributed by atoms with Gasteiger partial charge in [0, 0.05) is 0 Å². The van der Waals surface area contributed by atoms with Crippen LogP contribution in [0.3, 0.4) is 0 Å². The van der Waals surface area contributed by atoms with Gasteiger partial charge in [-0.15, -0.1) is 0 Å². The summed E-state index contributed by atoms with van der Waals surface area (Å²) in [5.41, 5.74) is 0. The van der Waals surface area contributed by atoms with E-state index < -0.39 is 74.2 Å². The van der Waals surface area contributed by atoms with Crippen LogP contribution in [-0.4, -0.2) is 110 Å². The van der Waals surface area contributed by atoms with Crippen molar-refractivity contribution in [2.24, 2.45) is 0 Å². The van der Waals surface area contributed by atoms with Gasteiger partial charge in [-0.1, -0.05) is 263 Å². The van der Waals surface area contributed by atoms with Gasteiger partial charge in [-0.2, -0.15) is 0 Å². The maximum Gasteiger partial charge on any atom is 0.249 e. The lowest BCUT2D eigenvalue weighted by Gasteiger charge is -2.40. The molecular formula is C61H117NO10. The van der Waals surface area contributed by atoms with Crippen LogP contribution < -0.4 is 5.32 Å². The molecular weight excluding hydrogens is 907 g/mol. The van der Waals surface area contributed by atoms with Gasteiger partial charge < -0.3 is 50.5 Å². The Labute approximate surface area is 442 Å². The molecule has 11 heteroatoms. The van der Waals surface area contributed by atoms with E-state index in [2.05, 4.69) is 43.5 Å². The molecule has 426 valence electrons. The van der Waals surface area contributed by atoms with E-state index in [1.807, 2.05) is 0 Å². The molecule has 1 aliphatic heterocycles. The first kappa shape index (κ1) is 68.6. The number of ether oxygens (including phenoxy) is 2. The minimum Gasteiger partial charge on any atom is -0.394 e. The van der Waals surface area contributed by atoms with Gasteiger partial charge in [-0.25, -0.2) is 0 Å². The predicted octanol–water partition coefficient (Wildman–Crippen LogP) is 13.3. The Kier molecular flexibility index (Phi) is 48.0. The van der Waals surface area contributed by atoms with Crippen LogP contribution in [0.2, 0.25) is 0 Å². The number of aliphatic hydroxyl groups is 7. The van der Waals surface area contributed by atoms with Crippen molar-refractivity contribution < 1.29 is 50.0 Å². The Hall–Kier alpha value is -1.41. The van der Waals surface area contributed by atoms with Crippen molar-refractivity contribution in [2.75, 3.05) is 13.2 Å². The van der Waals surface area contributed by atoms with Crippen molar-refractivity contribution in [3.8, 4) is 0 Å². The molecule has 0 spiro atoms. The number of allylic oxidation sites excluding steroid dienone is 4. The molecule has 0 aromatic heterocycles. The average Bonchev–Trinajstić information content (AvgIpc) is 3.38. The summed E-state index contributed by atoms with van der Waals surface area (Å²) in [6.45, 7) is 3.47. The third-order valence-corrected chi connectivity index (χ3v) is 15.0. The van der Waals surface area contributed by atoms with Crippen molar-refractivity contribution in [3.05, 3.63) is 24.3 Å². The second kappa shape index (κ2) is 50.4.